The van der Waals surface area contributed by atoms with Gasteiger partial charge in [0.25, 0.3) is 0 Å². The summed E-state index contributed by atoms with van der Waals surface area (Å²) in [5.41, 5.74) is 0. The fourth-order valence-electron chi connectivity index (χ4n) is 2.27. The van der Waals surface area contributed by atoms with Gasteiger partial charge >= 0.3 is 114 Å². The standard InChI is InChI=1S/C5H10.4C2H5.2Sb/c1-3-5-4-2;4*1-2;;/h1H,3-5H2,2H3;4*1H2,2H3;;. The Kier molecular flexibility index (Phi) is 11.9. The number of rotatable bonds is 9. The van der Waals surface area contributed by atoms with Crippen molar-refractivity contribution >= 4 is 40.4 Å². The van der Waals surface area contributed by atoms with Crippen LogP contribution in [0.5, 0.6) is 0 Å². The van der Waals surface area contributed by atoms with Crippen LogP contribution in [0.2, 0.25) is 19.3 Å². The minimum absolute atomic E-state index is 0.800. The van der Waals surface area contributed by atoms with Crippen LogP contribution in [0.3, 0.4) is 0 Å². The Balaban J connectivity index is 4.38. The van der Waals surface area contributed by atoms with Crippen LogP contribution in [0.15, 0.2) is 0 Å². The van der Waals surface area contributed by atoms with Gasteiger partial charge in [-0.25, -0.2) is 0 Å². The fraction of sp³-hybridized carbons (Fsp3) is 1.00. The zero-order valence-electron chi connectivity index (χ0n) is 11.4. The molecule has 0 atom stereocenters. The van der Waals surface area contributed by atoms with Gasteiger partial charge in [-0.1, -0.05) is 0 Å². The van der Waals surface area contributed by atoms with Crippen molar-refractivity contribution < 1.29 is 0 Å². The zero-order chi connectivity index (χ0) is 11.7. The Morgan fingerprint density at radius 2 is 1.13 bits per heavy atom. The molecular weight excluding hydrogens is 400 g/mol. The molecule has 0 bridgehead atoms. The quantitative estimate of drug-likeness (QED) is 0.444. The summed E-state index contributed by atoms with van der Waals surface area (Å²) in [6, 6.07) is 0. The molecule has 0 aliphatic carbocycles. The summed E-state index contributed by atoms with van der Waals surface area (Å²) in [4.78, 5) is 0. The molecule has 0 aromatic rings. The van der Waals surface area contributed by atoms with Gasteiger partial charge in [0, 0.05) is 0 Å². The van der Waals surface area contributed by atoms with Gasteiger partial charge in [0.15, 0.2) is 0 Å². The Labute approximate surface area is 113 Å². The first kappa shape index (κ1) is 16.6. The molecule has 0 heterocycles. The summed E-state index contributed by atoms with van der Waals surface area (Å²) in [5, 5.41) is 0. The minimum atomic E-state index is -0.800. The van der Waals surface area contributed by atoms with Crippen molar-refractivity contribution in [3.8, 4) is 0 Å². The molecule has 0 saturated heterocycles. The first-order valence-corrected chi connectivity index (χ1v) is 16.9. The third-order valence-corrected chi connectivity index (χ3v) is 31.3. The summed E-state index contributed by atoms with van der Waals surface area (Å²) in [6.45, 7) is 12.3. The van der Waals surface area contributed by atoms with Crippen molar-refractivity contribution in [2.45, 2.75) is 73.2 Å². The predicted molar refractivity (Wildman–Crippen MR) is 76.7 cm³/mol. The van der Waals surface area contributed by atoms with Gasteiger partial charge in [-0.15, -0.1) is 0 Å². The van der Waals surface area contributed by atoms with Crippen LogP contribution < -0.4 is 0 Å². The van der Waals surface area contributed by atoms with Gasteiger partial charge in [-0.2, -0.15) is 0 Å². The molecule has 0 nitrogen and oxygen atoms in total. The van der Waals surface area contributed by atoms with Crippen LogP contribution >= 0.6 is 0 Å². The van der Waals surface area contributed by atoms with E-state index in [0.717, 1.165) is 0 Å². The molecule has 0 aromatic heterocycles. The molecule has 0 radical (unpaired) electrons. The van der Waals surface area contributed by atoms with E-state index in [4.69, 9.17) is 0 Å². The van der Waals surface area contributed by atoms with Gasteiger partial charge in [-0.05, 0) is 0 Å². The predicted octanol–water partition coefficient (Wildman–Crippen LogP) is 5.16. The fourth-order valence-corrected chi connectivity index (χ4v) is 35.4. The van der Waals surface area contributed by atoms with Crippen molar-refractivity contribution in [3.63, 3.8) is 0 Å². The average Bonchev–Trinajstić information content (AvgIpc) is 2.28. The maximum atomic E-state index is 2.48. The van der Waals surface area contributed by atoms with Crippen molar-refractivity contribution in [1.82, 2.24) is 0 Å². The van der Waals surface area contributed by atoms with Crippen molar-refractivity contribution in [2.24, 2.45) is 0 Å². The van der Waals surface area contributed by atoms with Gasteiger partial charge in [-0.3, -0.25) is 0 Å². The summed E-state index contributed by atoms with van der Waals surface area (Å²) < 4.78 is 7.78. The van der Waals surface area contributed by atoms with E-state index < -0.39 is 40.4 Å². The van der Waals surface area contributed by atoms with Crippen LogP contribution in [-0.4, -0.2) is 40.4 Å². The molecule has 0 aliphatic rings. The van der Waals surface area contributed by atoms with E-state index in [9.17, 15) is 0 Å². The van der Waals surface area contributed by atoms with E-state index in [1.165, 1.54) is 14.7 Å². The number of unbranched alkanes of at least 4 members (excludes halogenated alkanes) is 1. The monoisotopic (exact) mass is 428 g/mol. The molecular formula is C13H30Sb2. The molecule has 15 heavy (non-hydrogen) atoms. The molecule has 2 heteroatoms. The zero-order valence-corrected chi connectivity index (χ0v) is 16.5. The van der Waals surface area contributed by atoms with E-state index >= 15 is 0 Å². The average molecular weight is 430 g/mol. The Morgan fingerprint density at radius 3 is 1.40 bits per heavy atom. The van der Waals surface area contributed by atoms with E-state index in [1.54, 1.807) is 23.9 Å². The van der Waals surface area contributed by atoms with Crippen LogP contribution in [0.1, 0.15) is 53.9 Å². The van der Waals surface area contributed by atoms with E-state index in [0.29, 0.717) is 0 Å². The first-order chi connectivity index (χ1) is 7.24. The molecule has 0 fully saturated rings. The van der Waals surface area contributed by atoms with E-state index in [2.05, 4.69) is 34.6 Å². The van der Waals surface area contributed by atoms with Crippen molar-refractivity contribution in [2.75, 3.05) is 0 Å². The molecule has 0 spiro atoms. The second kappa shape index (κ2) is 10.8. The van der Waals surface area contributed by atoms with Gasteiger partial charge in [0.1, 0.15) is 0 Å². The van der Waals surface area contributed by atoms with Gasteiger partial charge in [0.05, 0.1) is 0 Å². The Bertz CT molecular complexity index is 116. The SMILES string of the molecule is CCCC[CH]([Sb]([CH2]C)[CH2]C)[Sb]([CH2]C)[CH2]C. The molecule has 0 unspecified atom stereocenters. The van der Waals surface area contributed by atoms with Crippen LogP contribution in [0.25, 0.3) is 0 Å². The second-order valence-corrected chi connectivity index (χ2v) is 25.2. The van der Waals surface area contributed by atoms with E-state index in [1.807, 2.05) is 0 Å². The third kappa shape index (κ3) is 6.21. The van der Waals surface area contributed by atoms with Crippen LogP contribution in [-0.2, 0) is 0 Å². The van der Waals surface area contributed by atoms with E-state index in [-0.39, 0.29) is 0 Å². The Morgan fingerprint density at radius 1 is 0.733 bits per heavy atom. The second-order valence-electron chi connectivity index (χ2n) is 4.07. The van der Waals surface area contributed by atoms with Gasteiger partial charge < -0.3 is 0 Å². The summed E-state index contributed by atoms with van der Waals surface area (Å²) in [7, 11) is 0. The summed E-state index contributed by atoms with van der Waals surface area (Å²) in [6.07, 6.45) is 4.57. The van der Waals surface area contributed by atoms with Crippen molar-refractivity contribution in [3.05, 3.63) is 0 Å². The molecule has 0 aliphatic heterocycles. The van der Waals surface area contributed by atoms with Gasteiger partial charge in [0.2, 0.25) is 0 Å². The number of hydrogen-bond acceptors (Lipinski definition) is 0. The molecule has 92 valence electrons. The summed E-state index contributed by atoms with van der Waals surface area (Å²) >= 11 is -1.60. The van der Waals surface area contributed by atoms with Crippen LogP contribution in [0, 0.1) is 0 Å². The first-order valence-electron chi connectivity index (χ1n) is 6.73. The number of hydrogen-bond donors (Lipinski definition) is 0. The molecule has 0 amide bonds. The van der Waals surface area contributed by atoms with Crippen LogP contribution in [0.4, 0.5) is 0 Å². The molecule has 0 rings (SSSR count). The molecule has 0 N–H and O–H groups in total. The summed E-state index contributed by atoms with van der Waals surface area (Å²) in [5.74, 6) is 0. The maximum absolute atomic E-state index is 2.48. The normalized spacial score (nSPS) is 12.0. The third-order valence-electron chi connectivity index (χ3n) is 3.28. The molecule has 0 aromatic carbocycles. The van der Waals surface area contributed by atoms with Crippen molar-refractivity contribution in [1.29, 1.82) is 0 Å². The Hall–Kier alpha value is 1.64. The molecule has 0 saturated carbocycles. The topological polar surface area (TPSA) is 0 Å².